The van der Waals surface area contributed by atoms with Gasteiger partial charge in [-0.1, -0.05) is 78.9 Å². The van der Waals surface area contributed by atoms with E-state index < -0.39 is 18.2 Å². The van der Waals surface area contributed by atoms with Gasteiger partial charge in [0, 0.05) is 23.5 Å². The van der Waals surface area contributed by atoms with Gasteiger partial charge in [0.2, 0.25) is 5.91 Å². The third-order valence-electron chi connectivity index (χ3n) is 10.7. The Morgan fingerprint density at radius 2 is 1.61 bits per heavy atom. The number of nitrogens with one attached hydrogen (secondary N) is 2. The summed E-state index contributed by atoms with van der Waals surface area (Å²) in [7, 11) is 0. The molecule has 1 aliphatic carbocycles. The number of aryl methyl sites for hydroxylation is 2. The van der Waals surface area contributed by atoms with Crippen LogP contribution in [-0.2, 0) is 38.6 Å². The molecular formula is C44H40N4O8. The lowest BCUT2D eigenvalue weighted by molar-refractivity contribution is -0.121. The number of carbonyl (C=O) groups is 3. The van der Waals surface area contributed by atoms with E-state index in [0.717, 1.165) is 67.2 Å². The molecule has 4 aromatic carbocycles. The van der Waals surface area contributed by atoms with E-state index in [4.69, 9.17) is 24.3 Å². The van der Waals surface area contributed by atoms with E-state index in [-0.39, 0.29) is 38.0 Å². The molecule has 8 rings (SSSR count). The average Bonchev–Trinajstić information content (AvgIpc) is 3.73. The number of amides is 2. The van der Waals surface area contributed by atoms with Crippen molar-refractivity contribution in [1.29, 1.82) is 0 Å². The highest BCUT2D eigenvalue weighted by Gasteiger charge is 2.30. The average molecular weight is 753 g/mol. The number of ether oxygens (including phenoxy) is 3. The number of unbranched alkanes of at least 4 members (excludes halogenated alkanes) is 1. The predicted molar refractivity (Wildman–Crippen MR) is 211 cm³/mol. The summed E-state index contributed by atoms with van der Waals surface area (Å²) in [4.78, 5) is 54.7. The Balaban J connectivity index is 0.851. The number of hydrogen-bond acceptors (Lipinski definition) is 8. The molecule has 12 nitrogen and oxygen atoms in total. The first-order valence-corrected chi connectivity index (χ1v) is 18.6. The normalized spacial score (nSPS) is 12.5. The first kappa shape index (κ1) is 36.4. The van der Waals surface area contributed by atoms with E-state index in [9.17, 15) is 19.2 Å². The van der Waals surface area contributed by atoms with Crippen LogP contribution < -0.4 is 16.2 Å². The van der Waals surface area contributed by atoms with E-state index in [1.54, 1.807) is 11.5 Å². The molecule has 0 fully saturated rings. The Hall–Kier alpha value is -6.53. The molecule has 284 valence electrons. The van der Waals surface area contributed by atoms with Crippen molar-refractivity contribution < 1.29 is 33.7 Å². The van der Waals surface area contributed by atoms with E-state index in [1.807, 2.05) is 60.7 Å². The van der Waals surface area contributed by atoms with Gasteiger partial charge in [0.1, 0.15) is 26.5 Å². The Kier molecular flexibility index (Phi) is 10.2. The molecule has 2 amide bonds. The Labute approximate surface area is 322 Å². The highest BCUT2D eigenvalue weighted by atomic mass is 16.7. The van der Waals surface area contributed by atoms with Crippen LogP contribution in [-0.4, -0.2) is 59.3 Å². The van der Waals surface area contributed by atoms with Gasteiger partial charge in [0.25, 0.3) is 5.56 Å². The quantitative estimate of drug-likeness (QED) is 0.0487. The fourth-order valence-corrected chi connectivity index (χ4v) is 8.02. The maximum absolute atomic E-state index is 13.6. The Morgan fingerprint density at radius 1 is 0.875 bits per heavy atom. The molecule has 3 heterocycles. The number of rotatable bonds is 13. The van der Waals surface area contributed by atoms with Crippen LogP contribution in [0.25, 0.3) is 44.2 Å². The predicted octanol–water partition coefficient (Wildman–Crippen LogP) is 7.03. The zero-order chi connectivity index (χ0) is 38.8. The molecule has 0 spiro atoms. The van der Waals surface area contributed by atoms with Crippen molar-refractivity contribution in [3.05, 3.63) is 135 Å². The third kappa shape index (κ3) is 7.06. The number of carboxylic acid groups (broad SMARTS) is 1. The Bertz CT molecular complexity index is 2540. The van der Waals surface area contributed by atoms with Crippen LogP contribution in [0, 0.1) is 6.92 Å². The first-order valence-electron chi connectivity index (χ1n) is 18.6. The van der Waals surface area contributed by atoms with Crippen LogP contribution in [0.2, 0.25) is 0 Å². The van der Waals surface area contributed by atoms with E-state index in [2.05, 4.69) is 41.0 Å². The zero-order valence-electron chi connectivity index (χ0n) is 30.8. The molecule has 1 aliphatic heterocycles. The van der Waals surface area contributed by atoms with Gasteiger partial charge in [0.05, 0.1) is 29.0 Å². The highest BCUT2D eigenvalue weighted by molar-refractivity contribution is 6.09. The summed E-state index contributed by atoms with van der Waals surface area (Å²) in [5.41, 5.74) is 9.53. The van der Waals surface area contributed by atoms with Gasteiger partial charge < -0.3 is 34.5 Å². The molecule has 56 heavy (non-hydrogen) atoms. The summed E-state index contributed by atoms with van der Waals surface area (Å²) < 4.78 is 17.7. The van der Waals surface area contributed by atoms with Crippen molar-refractivity contribution in [2.24, 2.45) is 0 Å². The molecule has 2 aromatic heterocycles. The highest BCUT2D eigenvalue weighted by Crippen LogP contribution is 2.44. The molecule has 12 heteroatoms. The second-order valence-electron chi connectivity index (χ2n) is 14.0. The van der Waals surface area contributed by atoms with Gasteiger partial charge in [-0.05, 0) is 82.5 Å². The van der Waals surface area contributed by atoms with Crippen molar-refractivity contribution in [3.8, 4) is 22.5 Å². The molecular weight excluding hydrogens is 713 g/mol. The summed E-state index contributed by atoms with van der Waals surface area (Å²) in [6.45, 7) is 2.09. The minimum Gasteiger partial charge on any atom is -0.450 e. The maximum Gasteiger partial charge on any atom is 0.506 e. The number of hydrogen-bond donors (Lipinski definition) is 3. The minimum absolute atomic E-state index is 0.00503. The summed E-state index contributed by atoms with van der Waals surface area (Å²) in [5, 5.41) is 17.5. The topological polar surface area (TPSA) is 158 Å². The lowest BCUT2D eigenvalue weighted by Crippen LogP contribution is -2.38. The molecule has 0 atom stereocenters. The summed E-state index contributed by atoms with van der Waals surface area (Å²) in [6.07, 6.45) is 0.0791. The number of fused-ring (bicyclic) bond motifs is 9. The summed E-state index contributed by atoms with van der Waals surface area (Å²) in [5.74, 6) is -0.467. The second kappa shape index (κ2) is 15.7. The van der Waals surface area contributed by atoms with Crippen molar-refractivity contribution in [2.45, 2.75) is 45.3 Å². The minimum atomic E-state index is -1.44. The van der Waals surface area contributed by atoms with Gasteiger partial charge in [-0.2, -0.15) is 0 Å². The second-order valence-corrected chi connectivity index (χ2v) is 14.0. The molecule has 0 saturated carbocycles. The van der Waals surface area contributed by atoms with Gasteiger partial charge >= 0.3 is 12.2 Å². The standard InChI is InChI=1S/C44H40N4O8/c1-26-20-38-41-34(22-48(38)42(50)35(26)23-56-44(52)53)33(40-28-11-3-2-10-27(28)17-18-37(40)47-41)16-8-9-19-54-25-46-39(49)21-45-43(51)55-24-36-31-14-6-4-12-29(31)30-13-5-7-15-32(30)36/h2-7,10-15,17-18,20,36H,8-9,16,19,21-25H2,1H3,(H,45,51)(H,46,49)(H,52,53). The molecule has 2 aliphatic rings. The monoisotopic (exact) mass is 752 g/mol. The summed E-state index contributed by atoms with van der Waals surface area (Å²) >= 11 is 0. The van der Waals surface area contributed by atoms with Crippen molar-refractivity contribution in [3.63, 3.8) is 0 Å². The van der Waals surface area contributed by atoms with Gasteiger partial charge in [0.15, 0.2) is 0 Å². The van der Waals surface area contributed by atoms with Crippen LogP contribution in [0.5, 0.6) is 0 Å². The smallest absolute Gasteiger partial charge is 0.450 e. The fraction of sp³-hybridized carbons (Fsp3) is 0.250. The molecule has 0 bridgehead atoms. The molecule has 0 radical (unpaired) electrons. The fourth-order valence-electron chi connectivity index (χ4n) is 8.02. The SMILES string of the molecule is Cc1cc2n(c(=O)c1COC(=O)O)Cc1c-2nc2ccc3ccccc3c2c1CCCCOCNC(=O)CNC(=O)OCC1c2ccccc2-c2ccccc21. The zero-order valence-corrected chi connectivity index (χ0v) is 30.8. The Morgan fingerprint density at radius 3 is 2.38 bits per heavy atom. The van der Waals surface area contributed by atoms with Gasteiger partial charge in [-0.15, -0.1) is 0 Å². The van der Waals surface area contributed by atoms with Crippen LogP contribution in [0.1, 0.15) is 52.1 Å². The van der Waals surface area contributed by atoms with Gasteiger partial charge in [-0.25, -0.2) is 14.6 Å². The van der Waals surface area contributed by atoms with E-state index >= 15 is 0 Å². The van der Waals surface area contributed by atoms with Crippen LogP contribution in [0.15, 0.2) is 95.8 Å². The molecule has 6 aromatic rings. The number of nitrogens with zero attached hydrogens (tertiary/aromatic N) is 2. The van der Waals surface area contributed by atoms with Crippen molar-refractivity contribution in [1.82, 2.24) is 20.2 Å². The van der Waals surface area contributed by atoms with E-state index in [0.29, 0.717) is 42.8 Å². The molecule has 0 unspecified atom stereocenters. The van der Waals surface area contributed by atoms with Crippen LogP contribution >= 0.6 is 0 Å². The number of alkyl carbamates (subject to hydrolysis) is 1. The van der Waals surface area contributed by atoms with E-state index in [1.165, 1.54) is 0 Å². The summed E-state index contributed by atoms with van der Waals surface area (Å²) in [6, 6.07) is 30.3. The number of carbonyl (C=O) groups excluding carboxylic acids is 2. The molecule has 3 N–H and O–H groups in total. The lowest BCUT2D eigenvalue weighted by Gasteiger charge is -2.15. The first-order chi connectivity index (χ1) is 27.3. The number of aromatic nitrogens is 2. The lowest BCUT2D eigenvalue weighted by atomic mass is 9.93. The number of benzene rings is 4. The van der Waals surface area contributed by atoms with Crippen molar-refractivity contribution >= 4 is 39.8 Å². The maximum atomic E-state index is 13.6. The number of pyridine rings is 2. The van der Waals surface area contributed by atoms with Crippen LogP contribution in [0.3, 0.4) is 0 Å². The van der Waals surface area contributed by atoms with Gasteiger partial charge in [-0.3, -0.25) is 9.59 Å². The molecule has 0 saturated heterocycles. The van der Waals surface area contributed by atoms with Crippen molar-refractivity contribution in [2.75, 3.05) is 26.5 Å². The van der Waals surface area contributed by atoms with Crippen LogP contribution in [0.4, 0.5) is 9.59 Å². The largest absolute Gasteiger partial charge is 0.506 e. The third-order valence-corrected chi connectivity index (χ3v) is 10.7.